The average Bonchev–Trinajstić information content (AvgIpc) is 2.68. The molecule has 4 heteroatoms. The van der Waals surface area contributed by atoms with E-state index in [1.54, 1.807) is 7.11 Å². The van der Waals surface area contributed by atoms with Crippen LogP contribution in [0.2, 0.25) is 0 Å². The van der Waals surface area contributed by atoms with Crippen LogP contribution in [-0.4, -0.2) is 43.2 Å². The number of rotatable bonds is 5. The summed E-state index contributed by atoms with van der Waals surface area (Å²) >= 11 is 0. The van der Waals surface area contributed by atoms with E-state index in [1.807, 2.05) is 25.4 Å². The quantitative estimate of drug-likeness (QED) is 0.776. The first-order valence-corrected chi connectivity index (χ1v) is 9.07. The van der Waals surface area contributed by atoms with E-state index in [1.165, 1.54) is 18.4 Å². The van der Waals surface area contributed by atoms with E-state index in [-0.39, 0.29) is 6.10 Å². The van der Waals surface area contributed by atoms with Gasteiger partial charge in [-0.1, -0.05) is 6.08 Å². The molecule has 25 heavy (non-hydrogen) atoms. The van der Waals surface area contributed by atoms with E-state index >= 15 is 0 Å². The maximum absolute atomic E-state index is 6.04. The van der Waals surface area contributed by atoms with Crippen LogP contribution in [-0.2, 0) is 4.74 Å². The molecule has 5 rings (SSSR count). The van der Waals surface area contributed by atoms with Crippen LogP contribution in [0.15, 0.2) is 43.1 Å². The SMILES string of the molecule is C=C[C@H]1CN2CC[C@@H]1C[C@H]2[C@H](OC)c1ccnc2ccc(OC)cc12. The molecule has 0 radical (unpaired) electrons. The Kier molecular flexibility index (Phi) is 4.48. The standard InChI is InChI=1S/C21H26N2O2/c1-4-14-13-23-10-8-15(14)11-20(23)21(25-3)17-7-9-22-19-6-5-16(24-2)12-18(17)19/h4-7,9,12,14-15,20-21H,1,8,10-11,13H2,2-3H3/t14-,15+,20-,21+/m0/s1. The summed E-state index contributed by atoms with van der Waals surface area (Å²) in [6.07, 6.45) is 6.52. The van der Waals surface area contributed by atoms with Crippen LogP contribution in [0.1, 0.15) is 24.5 Å². The summed E-state index contributed by atoms with van der Waals surface area (Å²) in [6, 6.07) is 8.57. The van der Waals surface area contributed by atoms with Crippen LogP contribution in [0.4, 0.5) is 0 Å². The lowest BCUT2D eigenvalue weighted by Crippen LogP contribution is -2.55. The lowest BCUT2D eigenvalue weighted by molar-refractivity contribution is -0.0601. The Morgan fingerprint density at radius 1 is 1.32 bits per heavy atom. The van der Waals surface area contributed by atoms with Crippen LogP contribution >= 0.6 is 0 Å². The van der Waals surface area contributed by atoms with Crippen molar-refractivity contribution in [1.82, 2.24) is 9.88 Å². The number of fused-ring (bicyclic) bond motifs is 4. The molecule has 3 aliphatic rings. The molecule has 0 spiro atoms. The van der Waals surface area contributed by atoms with Gasteiger partial charge in [-0.2, -0.15) is 0 Å². The van der Waals surface area contributed by atoms with Crippen molar-refractivity contribution in [3.05, 3.63) is 48.7 Å². The first-order chi connectivity index (χ1) is 12.2. The molecule has 0 amide bonds. The minimum absolute atomic E-state index is 0.0474. The zero-order chi connectivity index (χ0) is 17.4. The maximum atomic E-state index is 6.04. The first-order valence-electron chi connectivity index (χ1n) is 9.07. The van der Waals surface area contributed by atoms with E-state index in [4.69, 9.17) is 9.47 Å². The van der Waals surface area contributed by atoms with Crippen LogP contribution in [0.25, 0.3) is 10.9 Å². The van der Waals surface area contributed by atoms with Gasteiger partial charge >= 0.3 is 0 Å². The summed E-state index contributed by atoms with van der Waals surface area (Å²) in [4.78, 5) is 7.10. The number of nitrogens with zero attached hydrogens (tertiary/aromatic N) is 2. The molecule has 3 saturated heterocycles. The van der Waals surface area contributed by atoms with Gasteiger partial charge in [-0.05, 0) is 61.1 Å². The molecule has 3 aliphatic heterocycles. The van der Waals surface area contributed by atoms with Gasteiger partial charge < -0.3 is 9.47 Å². The molecule has 1 unspecified atom stereocenters. The van der Waals surface area contributed by atoms with Gasteiger partial charge in [0.1, 0.15) is 5.75 Å². The zero-order valence-corrected chi connectivity index (χ0v) is 15.0. The summed E-state index contributed by atoms with van der Waals surface area (Å²) in [5.74, 6) is 2.21. The van der Waals surface area contributed by atoms with E-state index in [0.717, 1.165) is 35.7 Å². The second-order valence-corrected chi connectivity index (χ2v) is 7.19. The largest absolute Gasteiger partial charge is 0.497 e. The normalized spacial score (nSPS) is 29.5. The Balaban J connectivity index is 1.72. The van der Waals surface area contributed by atoms with E-state index in [2.05, 4.69) is 34.7 Å². The monoisotopic (exact) mass is 338 g/mol. The third-order valence-corrected chi connectivity index (χ3v) is 6.05. The molecule has 1 aromatic heterocycles. The highest BCUT2D eigenvalue weighted by Gasteiger charge is 2.42. The average molecular weight is 338 g/mol. The van der Waals surface area contributed by atoms with Gasteiger partial charge in [0, 0.05) is 31.3 Å². The lowest BCUT2D eigenvalue weighted by atomic mass is 9.73. The highest BCUT2D eigenvalue weighted by molar-refractivity contribution is 5.84. The fraction of sp³-hybridized carbons (Fsp3) is 0.476. The smallest absolute Gasteiger partial charge is 0.119 e. The highest BCUT2D eigenvalue weighted by Crippen LogP contribution is 2.43. The van der Waals surface area contributed by atoms with Crippen molar-refractivity contribution in [3.63, 3.8) is 0 Å². The Bertz CT molecular complexity index is 776. The Hall–Kier alpha value is -1.91. The van der Waals surface area contributed by atoms with Crippen molar-refractivity contribution >= 4 is 10.9 Å². The summed E-state index contributed by atoms with van der Waals surface area (Å²) < 4.78 is 11.5. The molecular weight excluding hydrogens is 312 g/mol. The molecule has 5 atom stereocenters. The second-order valence-electron chi connectivity index (χ2n) is 7.19. The number of hydrogen-bond donors (Lipinski definition) is 0. The number of piperidine rings is 3. The van der Waals surface area contributed by atoms with Crippen molar-refractivity contribution in [3.8, 4) is 5.75 Å². The topological polar surface area (TPSA) is 34.6 Å². The van der Waals surface area contributed by atoms with Crippen LogP contribution in [0.5, 0.6) is 5.75 Å². The molecular formula is C21H26N2O2. The summed E-state index contributed by atoms with van der Waals surface area (Å²) in [6.45, 7) is 6.29. The fourth-order valence-corrected chi connectivity index (χ4v) is 4.71. The molecule has 4 nitrogen and oxygen atoms in total. The van der Waals surface area contributed by atoms with Crippen molar-refractivity contribution in [2.45, 2.75) is 25.0 Å². The number of aromatic nitrogens is 1. The third kappa shape index (κ3) is 2.83. The summed E-state index contributed by atoms with van der Waals surface area (Å²) in [5.41, 5.74) is 2.19. The number of hydrogen-bond acceptors (Lipinski definition) is 4. The van der Waals surface area contributed by atoms with Crippen molar-refractivity contribution in [2.75, 3.05) is 27.3 Å². The fourth-order valence-electron chi connectivity index (χ4n) is 4.71. The van der Waals surface area contributed by atoms with Gasteiger partial charge in [0.05, 0.1) is 18.7 Å². The molecule has 132 valence electrons. The predicted molar refractivity (Wildman–Crippen MR) is 99.8 cm³/mol. The minimum Gasteiger partial charge on any atom is -0.497 e. The van der Waals surface area contributed by atoms with Crippen LogP contribution < -0.4 is 4.74 Å². The molecule has 2 aromatic rings. The van der Waals surface area contributed by atoms with E-state index in [9.17, 15) is 0 Å². The van der Waals surface area contributed by atoms with Gasteiger partial charge in [-0.15, -0.1) is 6.58 Å². The number of benzene rings is 1. The molecule has 0 N–H and O–H groups in total. The van der Waals surface area contributed by atoms with Gasteiger partial charge in [-0.3, -0.25) is 9.88 Å². The molecule has 2 bridgehead atoms. The Labute approximate surface area is 149 Å². The summed E-state index contributed by atoms with van der Waals surface area (Å²) in [7, 11) is 3.53. The molecule has 1 aromatic carbocycles. The van der Waals surface area contributed by atoms with Crippen molar-refractivity contribution in [1.29, 1.82) is 0 Å². The molecule has 0 saturated carbocycles. The Morgan fingerprint density at radius 2 is 2.20 bits per heavy atom. The van der Waals surface area contributed by atoms with Crippen molar-refractivity contribution < 1.29 is 9.47 Å². The number of ether oxygens (including phenoxy) is 2. The van der Waals surface area contributed by atoms with Crippen LogP contribution in [0.3, 0.4) is 0 Å². The van der Waals surface area contributed by atoms with Crippen LogP contribution in [0, 0.1) is 11.8 Å². The molecule has 4 heterocycles. The zero-order valence-electron chi connectivity index (χ0n) is 15.0. The van der Waals surface area contributed by atoms with Gasteiger partial charge in [-0.25, -0.2) is 0 Å². The summed E-state index contributed by atoms with van der Waals surface area (Å²) in [5, 5.41) is 1.12. The lowest BCUT2D eigenvalue weighted by Gasteiger charge is -2.51. The van der Waals surface area contributed by atoms with Gasteiger partial charge in [0.25, 0.3) is 0 Å². The van der Waals surface area contributed by atoms with E-state index in [0.29, 0.717) is 12.0 Å². The number of pyridine rings is 1. The molecule has 3 fully saturated rings. The van der Waals surface area contributed by atoms with Gasteiger partial charge in [0.15, 0.2) is 0 Å². The predicted octanol–water partition coefficient (Wildman–Crippen LogP) is 3.83. The minimum atomic E-state index is 0.0474. The Morgan fingerprint density at radius 3 is 2.88 bits per heavy atom. The highest BCUT2D eigenvalue weighted by atomic mass is 16.5. The third-order valence-electron chi connectivity index (χ3n) is 6.05. The molecule has 0 aliphatic carbocycles. The van der Waals surface area contributed by atoms with Gasteiger partial charge in [0.2, 0.25) is 0 Å². The second kappa shape index (κ2) is 6.77. The van der Waals surface area contributed by atoms with Crippen molar-refractivity contribution in [2.24, 2.45) is 11.8 Å². The number of methoxy groups -OCH3 is 2. The maximum Gasteiger partial charge on any atom is 0.119 e. The van der Waals surface area contributed by atoms with E-state index < -0.39 is 0 Å². The first kappa shape index (κ1) is 16.6.